The molecule has 0 aliphatic carbocycles. The maximum atomic E-state index is 4.94. The summed E-state index contributed by atoms with van der Waals surface area (Å²) in [6.07, 6.45) is 1.85. The fraction of sp³-hybridized carbons (Fsp3) is 0.444. The molecule has 0 atom stereocenters. The van der Waals surface area contributed by atoms with E-state index < -0.39 is 0 Å². The predicted octanol–water partition coefficient (Wildman–Crippen LogP) is 2.21. The van der Waals surface area contributed by atoms with Crippen LogP contribution in [0.4, 0.5) is 0 Å². The van der Waals surface area contributed by atoms with Crippen LogP contribution in [-0.4, -0.2) is 12.1 Å². The molecule has 0 aliphatic heterocycles. The molecular formula is C9H13NO. The second-order valence-electron chi connectivity index (χ2n) is 2.79. The summed E-state index contributed by atoms with van der Waals surface area (Å²) in [6.45, 7) is 4.28. The zero-order valence-corrected chi connectivity index (χ0v) is 7.16. The summed E-state index contributed by atoms with van der Waals surface area (Å²) >= 11 is 0. The van der Waals surface area contributed by atoms with E-state index in [-0.39, 0.29) is 0 Å². The standard InChI is InChI=1S/C9H13NO/c1-7(2)8-4-5-9(11-3)10-6-8/h4-7H,1-3H3. The molecule has 0 saturated heterocycles. The number of rotatable bonds is 2. The average Bonchev–Trinajstić information content (AvgIpc) is 2.05. The Morgan fingerprint density at radius 2 is 2.09 bits per heavy atom. The molecule has 2 nitrogen and oxygen atoms in total. The molecule has 0 bridgehead atoms. The van der Waals surface area contributed by atoms with E-state index in [1.54, 1.807) is 7.11 Å². The minimum Gasteiger partial charge on any atom is -0.481 e. The monoisotopic (exact) mass is 151 g/mol. The van der Waals surface area contributed by atoms with Gasteiger partial charge in [-0.15, -0.1) is 0 Å². The highest BCUT2D eigenvalue weighted by Crippen LogP contribution is 2.14. The highest BCUT2D eigenvalue weighted by Gasteiger charge is 1.98. The van der Waals surface area contributed by atoms with E-state index in [1.165, 1.54) is 5.56 Å². The Morgan fingerprint density at radius 1 is 1.36 bits per heavy atom. The SMILES string of the molecule is COc1ccc(C(C)C)cn1. The van der Waals surface area contributed by atoms with Crippen molar-refractivity contribution < 1.29 is 4.74 Å². The van der Waals surface area contributed by atoms with Crippen LogP contribution in [0.25, 0.3) is 0 Å². The van der Waals surface area contributed by atoms with Gasteiger partial charge in [-0.3, -0.25) is 0 Å². The van der Waals surface area contributed by atoms with E-state index in [0.717, 1.165) is 0 Å². The van der Waals surface area contributed by atoms with Gasteiger partial charge in [-0.05, 0) is 11.5 Å². The third kappa shape index (κ3) is 1.93. The number of hydrogen-bond acceptors (Lipinski definition) is 2. The zero-order valence-electron chi connectivity index (χ0n) is 7.16. The minimum atomic E-state index is 0.536. The fourth-order valence-electron chi connectivity index (χ4n) is 0.854. The van der Waals surface area contributed by atoms with Crippen LogP contribution >= 0.6 is 0 Å². The van der Waals surface area contributed by atoms with Crippen molar-refractivity contribution in [2.45, 2.75) is 19.8 Å². The van der Waals surface area contributed by atoms with Crippen LogP contribution in [0.1, 0.15) is 25.3 Å². The number of hydrogen-bond donors (Lipinski definition) is 0. The van der Waals surface area contributed by atoms with E-state index in [4.69, 9.17) is 4.74 Å². The van der Waals surface area contributed by atoms with Gasteiger partial charge >= 0.3 is 0 Å². The molecule has 0 spiro atoms. The van der Waals surface area contributed by atoms with Crippen molar-refractivity contribution in [1.29, 1.82) is 0 Å². The van der Waals surface area contributed by atoms with Crippen LogP contribution < -0.4 is 4.74 Å². The number of aromatic nitrogens is 1. The van der Waals surface area contributed by atoms with E-state index >= 15 is 0 Å². The van der Waals surface area contributed by atoms with Gasteiger partial charge in [-0.25, -0.2) is 4.98 Å². The second kappa shape index (κ2) is 3.37. The second-order valence-corrected chi connectivity index (χ2v) is 2.79. The molecule has 2 heteroatoms. The first kappa shape index (κ1) is 8.05. The largest absolute Gasteiger partial charge is 0.481 e. The summed E-state index contributed by atoms with van der Waals surface area (Å²) in [5.41, 5.74) is 1.24. The van der Waals surface area contributed by atoms with Crippen LogP contribution in [0, 0.1) is 0 Å². The first-order valence-corrected chi connectivity index (χ1v) is 3.74. The summed E-state index contributed by atoms with van der Waals surface area (Å²) in [7, 11) is 1.62. The fourth-order valence-corrected chi connectivity index (χ4v) is 0.854. The van der Waals surface area contributed by atoms with Crippen LogP contribution in [0.5, 0.6) is 5.88 Å². The van der Waals surface area contributed by atoms with Gasteiger partial charge in [0.1, 0.15) is 0 Å². The Hall–Kier alpha value is -1.05. The minimum absolute atomic E-state index is 0.536. The molecule has 1 aromatic rings. The van der Waals surface area contributed by atoms with E-state index in [1.807, 2.05) is 18.3 Å². The van der Waals surface area contributed by atoms with Crippen molar-refractivity contribution in [3.63, 3.8) is 0 Å². The lowest BCUT2D eigenvalue weighted by Gasteiger charge is -2.04. The molecule has 11 heavy (non-hydrogen) atoms. The van der Waals surface area contributed by atoms with Gasteiger partial charge in [0.15, 0.2) is 0 Å². The molecule has 1 rings (SSSR count). The van der Waals surface area contributed by atoms with Crippen molar-refractivity contribution in [3.05, 3.63) is 23.9 Å². The van der Waals surface area contributed by atoms with Crippen molar-refractivity contribution in [2.24, 2.45) is 0 Å². The van der Waals surface area contributed by atoms with Crippen LogP contribution in [0.15, 0.2) is 18.3 Å². The van der Waals surface area contributed by atoms with Gasteiger partial charge in [0, 0.05) is 12.3 Å². The molecule has 0 radical (unpaired) electrons. The van der Waals surface area contributed by atoms with Crippen LogP contribution in [-0.2, 0) is 0 Å². The van der Waals surface area contributed by atoms with Gasteiger partial charge in [0.2, 0.25) is 5.88 Å². The molecule has 0 amide bonds. The van der Waals surface area contributed by atoms with Crippen molar-refractivity contribution >= 4 is 0 Å². The lowest BCUT2D eigenvalue weighted by molar-refractivity contribution is 0.397. The molecule has 0 aromatic carbocycles. The Bertz CT molecular complexity index is 216. The summed E-state index contributed by atoms with van der Waals surface area (Å²) in [5, 5.41) is 0. The molecule has 0 aliphatic rings. The van der Waals surface area contributed by atoms with Gasteiger partial charge in [0.05, 0.1) is 7.11 Å². The Labute approximate surface area is 67.2 Å². The van der Waals surface area contributed by atoms with E-state index in [9.17, 15) is 0 Å². The van der Waals surface area contributed by atoms with Crippen molar-refractivity contribution in [2.75, 3.05) is 7.11 Å². The maximum absolute atomic E-state index is 4.94. The Morgan fingerprint density at radius 3 is 2.45 bits per heavy atom. The zero-order chi connectivity index (χ0) is 8.27. The summed E-state index contributed by atoms with van der Waals surface area (Å²) in [4.78, 5) is 4.10. The van der Waals surface area contributed by atoms with Crippen molar-refractivity contribution in [3.8, 4) is 5.88 Å². The lowest BCUT2D eigenvalue weighted by Crippen LogP contribution is -1.91. The molecule has 0 fully saturated rings. The van der Waals surface area contributed by atoms with E-state index in [2.05, 4.69) is 18.8 Å². The number of pyridine rings is 1. The molecule has 60 valence electrons. The molecule has 0 saturated carbocycles. The third-order valence-electron chi connectivity index (χ3n) is 1.64. The highest BCUT2D eigenvalue weighted by molar-refractivity contribution is 5.19. The van der Waals surface area contributed by atoms with Gasteiger partial charge in [-0.2, -0.15) is 0 Å². The van der Waals surface area contributed by atoms with Crippen molar-refractivity contribution in [1.82, 2.24) is 4.98 Å². The highest BCUT2D eigenvalue weighted by atomic mass is 16.5. The predicted molar refractivity (Wildman–Crippen MR) is 44.9 cm³/mol. The maximum Gasteiger partial charge on any atom is 0.212 e. The summed E-state index contributed by atoms with van der Waals surface area (Å²) in [6, 6.07) is 3.92. The van der Waals surface area contributed by atoms with Gasteiger partial charge in [0.25, 0.3) is 0 Å². The molecule has 0 N–H and O–H groups in total. The van der Waals surface area contributed by atoms with Crippen LogP contribution in [0.2, 0.25) is 0 Å². The number of ether oxygens (including phenoxy) is 1. The van der Waals surface area contributed by atoms with Gasteiger partial charge in [-0.1, -0.05) is 19.9 Å². The first-order chi connectivity index (χ1) is 5.24. The molecular weight excluding hydrogens is 138 g/mol. The summed E-state index contributed by atoms with van der Waals surface area (Å²) < 4.78 is 4.94. The molecule has 1 aromatic heterocycles. The van der Waals surface area contributed by atoms with Crippen LogP contribution in [0.3, 0.4) is 0 Å². The topological polar surface area (TPSA) is 22.1 Å². The number of nitrogens with zero attached hydrogens (tertiary/aromatic N) is 1. The smallest absolute Gasteiger partial charge is 0.212 e. The normalized spacial score (nSPS) is 10.2. The molecule has 0 unspecified atom stereocenters. The number of methoxy groups -OCH3 is 1. The molecule has 1 heterocycles. The summed E-state index contributed by atoms with van der Waals surface area (Å²) in [5.74, 6) is 1.21. The average molecular weight is 151 g/mol. The van der Waals surface area contributed by atoms with E-state index in [0.29, 0.717) is 11.8 Å². The first-order valence-electron chi connectivity index (χ1n) is 3.74. The van der Waals surface area contributed by atoms with Gasteiger partial charge < -0.3 is 4.74 Å². The Kier molecular flexibility index (Phi) is 2.47. The quantitative estimate of drug-likeness (QED) is 0.646. The third-order valence-corrected chi connectivity index (χ3v) is 1.64. The Balaban J connectivity index is 2.83. The lowest BCUT2D eigenvalue weighted by atomic mass is 10.1.